The molecular formula is C40H27NO. The highest BCUT2D eigenvalue weighted by Crippen LogP contribution is 2.41. The van der Waals surface area contributed by atoms with Gasteiger partial charge in [0.1, 0.15) is 11.2 Å². The van der Waals surface area contributed by atoms with Crippen molar-refractivity contribution >= 4 is 49.8 Å². The summed E-state index contributed by atoms with van der Waals surface area (Å²) in [5.74, 6) is 0. The maximum Gasteiger partial charge on any atom is 0.143 e. The van der Waals surface area contributed by atoms with Crippen molar-refractivity contribution in [2.24, 2.45) is 0 Å². The Bertz CT molecular complexity index is 2560. The molecule has 0 aliphatic rings. The van der Waals surface area contributed by atoms with Crippen LogP contribution in [0.15, 0.2) is 168 Å². The number of hydrogen-bond acceptors (Lipinski definition) is 2. The average Bonchev–Trinajstić information content (AvgIpc) is 3.53. The van der Waals surface area contributed by atoms with Crippen molar-refractivity contribution in [2.45, 2.75) is 0 Å². The standard InChI is InChI=1S/C40H27NO/c1-2-10-28(11-3-1)29-20-24-32(25-21-29)41(38-18-8-13-30-12-4-5-14-34(30)38)33-26-22-31(23-27-33)35-16-9-17-37-36-15-6-7-19-39(36)42-40(35)37/h1-27H/i4D,5D,8D,12D,13D,14D,18D. The highest BCUT2D eigenvalue weighted by molar-refractivity contribution is 6.09. The normalized spacial score (nSPS) is 13.7. The van der Waals surface area contributed by atoms with Gasteiger partial charge >= 0.3 is 0 Å². The summed E-state index contributed by atoms with van der Waals surface area (Å²) in [5, 5.41) is 1.96. The predicted molar refractivity (Wildman–Crippen MR) is 177 cm³/mol. The molecule has 0 radical (unpaired) electrons. The zero-order chi connectivity index (χ0) is 34.0. The number of hydrogen-bond donors (Lipinski definition) is 0. The molecule has 198 valence electrons. The van der Waals surface area contributed by atoms with E-state index in [2.05, 4.69) is 0 Å². The van der Waals surface area contributed by atoms with E-state index in [0.717, 1.165) is 44.2 Å². The Morgan fingerprint density at radius 1 is 0.476 bits per heavy atom. The maximum absolute atomic E-state index is 9.12. The van der Waals surface area contributed by atoms with Gasteiger partial charge < -0.3 is 9.32 Å². The van der Waals surface area contributed by atoms with Gasteiger partial charge in [-0.05, 0) is 58.5 Å². The first-order valence-electron chi connectivity index (χ1n) is 17.2. The number of furan rings is 1. The first-order valence-corrected chi connectivity index (χ1v) is 13.7. The molecule has 0 spiro atoms. The molecule has 0 atom stereocenters. The number of fused-ring (bicyclic) bond motifs is 4. The first kappa shape index (κ1) is 18.0. The van der Waals surface area contributed by atoms with E-state index < -0.39 is 30.2 Å². The molecule has 42 heavy (non-hydrogen) atoms. The SMILES string of the molecule is [2H]c1c([2H])c([2H])c2c(N(c3ccc(-c4ccccc4)cc3)c3ccc(-c4cccc5c4oc4ccccc45)cc3)c([2H])c([2H])c([2H])c2c1[2H]. The molecule has 8 rings (SSSR count). The summed E-state index contributed by atoms with van der Waals surface area (Å²) in [6.45, 7) is 0. The van der Waals surface area contributed by atoms with Crippen LogP contribution in [0.1, 0.15) is 9.60 Å². The Kier molecular flexibility index (Phi) is 4.32. The van der Waals surface area contributed by atoms with E-state index in [1.54, 1.807) is 4.90 Å². The van der Waals surface area contributed by atoms with Gasteiger partial charge in [0.15, 0.2) is 0 Å². The van der Waals surface area contributed by atoms with Crippen LogP contribution in [0.3, 0.4) is 0 Å². The van der Waals surface area contributed by atoms with Gasteiger partial charge in [0, 0.05) is 33.1 Å². The fourth-order valence-electron chi connectivity index (χ4n) is 5.57. The second-order valence-corrected chi connectivity index (χ2v) is 10.0. The summed E-state index contributed by atoms with van der Waals surface area (Å²) in [6, 6.07) is 36.3. The van der Waals surface area contributed by atoms with Crippen molar-refractivity contribution in [1.82, 2.24) is 0 Å². The van der Waals surface area contributed by atoms with Crippen molar-refractivity contribution < 1.29 is 14.0 Å². The Morgan fingerprint density at radius 3 is 1.93 bits per heavy atom. The van der Waals surface area contributed by atoms with Crippen LogP contribution in [0.25, 0.3) is 55.0 Å². The van der Waals surface area contributed by atoms with Gasteiger partial charge in [-0.15, -0.1) is 0 Å². The van der Waals surface area contributed by atoms with Gasteiger partial charge in [0.05, 0.1) is 15.3 Å². The van der Waals surface area contributed by atoms with E-state index in [9.17, 15) is 0 Å². The molecule has 2 heteroatoms. The molecule has 2 nitrogen and oxygen atoms in total. The lowest BCUT2D eigenvalue weighted by molar-refractivity contribution is 0.670. The molecule has 0 unspecified atom stereocenters. The third-order valence-electron chi connectivity index (χ3n) is 7.59. The monoisotopic (exact) mass is 544 g/mol. The lowest BCUT2D eigenvalue weighted by Crippen LogP contribution is -2.10. The van der Waals surface area contributed by atoms with Crippen LogP contribution in [-0.4, -0.2) is 0 Å². The van der Waals surface area contributed by atoms with Gasteiger partial charge in [-0.2, -0.15) is 0 Å². The van der Waals surface area contributed by atoms with Gasteiger partial charge in [-0.3, -0.25) is 0 Å². The summed E-state index contributed by atoms with van der Waals surface area (Å²) in [6.07, 6.45) is 0. The molecule has 7 aromatic carbocycles. The Balaban J connectivity index is 1.35. The molecule has 8 aromatic rings. The summed E-state index contributed by atoms with van der Waals surface area (Å²) < 4.78 is 67.1. The van der Waals surface area contributed by atoms with E-state index in [1.165, 1.54) is 0 Å². The van der Waals surface area contributed by atoms with E-state index in [0.29, 0.717) is 11.4 Å². The van der Waals surface area contributed by atoms with Gasteiger partial charge in [-0.1, -0.05) is 127 Å². The van der Waals surface area contributed by atoms with Crippen LogP contribution in [0.5, 0.6) is 0 Å². The van der Waals surface area contributed by atoms with Crippen molar-refractivity contribution in [1.29, 1.82) is 0 Å². The second kappa shape index (κ2) is 10.1. The molecule has 0 saturated heterocycles. The lowest BCUT2D eigenvalue weighted by atomic mass is 10.0. The summed E-state index contributed by atoms with van der Waals surface area (Å²) >= 11 is 0. The van der Waals surface area contributed by atoms with E-state index in [1.807, 2.05) is 121 Å². The Morgan fingerprint density at radius 2 is 1.12 bits per heavy atom. The van der Waals surface area contributed by atoms with Gasteiger partial charge in [0.2, 0.25) is 0 Å². The second-order valence-electron chi connectivity index (χ2n) is 10.0. The molecule has 0 aliphatic carbocycles. The molecule has 0 fully saturated rings. The first-order chi connectivity index (χ1) is 23.7. The fourth-order valence-corrected chi connectivity index (χ4v) is 5.57. The minimum atomic E-state index is -0.489. The number of nitrogens with zero attached hydrogens (tertiary/aromatic N) is 1. The number of benzene rings is 7. The minimum Gasteiger partial charge on any atom is -0.455 e. The Labute approximate surface area is 254 Å². The molecule has 1 heterocycles. The molecule has 0 saturated carbocycles. The summed E-state index contributed by atoms with van der Waals surface area (Å²) in [4.78, 5) is 1.74. The van der Waals surface area contributed by atoms with Crippen LogP contribution in [0.4, 0.5) is 17.1 Å². The summed E-state index contributed by atoms with van der Waals surface area (Å²) in [7, 11) is 0. The van der Waals surface area contributed by atoms with Crippen molar-refractivity contribution in [3.8, 4) is 22.3 Å². The molecule has 0 N–H and O–H groups in total. The van der Waals surface area contributed by atoms with Crippen LogP contribution < -0.4 is 4.90 Å². The largest absolute Gasteiger partial charge is 0.455 e. The van der Waals surface area contributed by atoms with Crippen LogP contribution >= 0.6 is 0 Å². The number of rotatable bonds is 5. The van der Waals surface area contributed by atoms with Crippen LogP contribution in [0, 0.1) is 0 Å². The zero-order valence-electron chi connectivity index (χ0n) is 29.4. The predicted octanol–water partition coefficient (Wildman–Crippen LogP) is 11.5. The third kappa shape index (κ3) is 4.13. The minimum absolute atomic E-state index is 0.0141. The quantitative estimate of drug-likeness (QED) is 0.214. The molecule has 0 amide bonds. The van der Waals surface area contributed by atoms with Gasteiger partial charge in [-0.25, -0.2) is 0 Å². The highest BCUT2D eigenvalue weighted by Gasteiger charge is 2.17. The maximum atomic E-state index is 9.12. The molecule has 0 aliphatic heterocycles. The van der Waals surface area contributed by atoms with Gasteiger partial charge in [0.25, 0.3) is 0 Å². The average molecular weight is 545 g/mol. The highest BCUT2D eigenvalue weighted by atomic mass is 16.3. The smallest absolute Gasteiger partial charge is 0.143 e. The number of anilines is 3. The van der Waals surface area contributed by atoms with E-state index in [4.69, 9.17) is 14.0 Å². The summed E-state index contributed by atoms with van der Waals surface area (Å²) in [5.41, 5.74) is 6.69. The molecule has 1 aromatic heterocycles. The Hall–Kier alpha value is -5.60. The lowest BCUT2D eigenvalue weighted by Gasteiger charge is -2.27. The molecular weight excluding hydrogens is 510 g/mol. The van der Waals surface area contributed by atoms with E-state index in [-0.39, 0.29) is 28.5 Å². The van der Waals surface area contributed by atoms with Crippen molar-refractivity contribution in [3.05, 3.63) is 164 Å². The number of para-hydroxylation sites is 2. The van der Waals surface area contributed by atoms with E-state index >= 15 is 0 Å². The fraction of sp³-hybridized carbons (Fsp3) is 0. The van der Waals surface area contributed by atoms with Crippen LogP contribution in [-0.2, 0) is 0 Å². The van der Waals surface area contributed by atoms with Crippen LogP contribution in [0.2, 0.25) is 0 Å². The molecule has 0 bridgehead atoms. The topological polar surface area (TPSA) is 16.4 Å². The zero-order valence-corrected chi connectivity index (χ0v) is 22.4. The third-order valence-corrected chi connectivity index (χ3v) is 7.59. The van der Waals surface area contributed by atoms with Crippen molar-refractivity contribution in [2.75, 3.05) is 4.90 Å². The van der Waals surface area contributed by atoms with Crippen molar-refractivity contribution in [3.63, 3.8) is 0 Å².